The molecular weight excluding hydrogens is 227 g/mol. The van der Waals surface area contributed by atoms with E-state index >= 15 is 0 Å². The molecule has 16 heavy (non-hydrogen) atoms. The number of nitrogens with zero attached hydrogens (tertiary/aromatic N) is 1. The first kappa shape index (κ1) is 13.3. The molecule has 0 radical (unpaired) electrons. The van der Waals surface area contributed by atoms with Crippen LogP contribution in [0.15, 0.2) is 18.2 Å². The van der Waals surface area contributed by atoms with Gasteiger partial charge in [0.15, 0.2) is 0 Å². The minimum Gasteiger partial charge on any atom is -0.381 e. The molecular formula is C12H18ClFN2. The largest absolute Gasteiger partial charge is 0.381 e. The van der Waals surface area contributed by atoms with Gasteiger partial charge >= 0.3 is 0 Å². The van der Waals surface area contributed by atoms with Crippen LogP contribution in [0, 0.1) is 5.82 Å². The summed E-state index contributed by atoms with van der Waals surface area (Å²) < 4.78 is 13.4. The highest BCUT2D eigenvalue weighted by Gasteiger charge is 2.03. The molecule has 1 rings (SSSR count). The number of hydrogen-bond donors (Lipinski definition) is 1. The maximum Gasteiger partial charge on any atom is 0.147 e. The van der Waals surface area contributed by atoms with Gasteiger partial charge in [0.1, 0.15) is 5.82 Å². The van der Waals surface area contributed by atoms with Crippen molar-refractivity contribution in [3.05, 3.63) is 29.0 Å². The van der Waals surface area contributed by atoms with E-state index in [4.69, 9.17) is 11.6 Å². The maximum atomic E-state index is 13.4. The Balaban J connectivity index is 2.42. The lowest BCUT2D eigenvalue weighted by Gasteiger charge is -2.18. The van der Waals surface area contributed by atoms with Crippen LogP contribution < -0.4 is 5.32 Å². The van der Waals surface area contributed by atoms with Crippen molar-refractivity contribution in [3.8, 4) is 0 Å². The summed E-state index contributed by atoms with van der Waals surface area (Å²) in [5.74, 6) is -0.299. The van der Waals surface area contributed by atoms with Crippen LogP contribution in [0.2, 0.25) is 5.02 Å². The van der Waals surface area contributed by atoms with Crippen molar-refractivity contribution in [2.45, 2.75) is 13.8 Å². The van der Waals surface area contributed by atoms with Crippen molar-refractivity contribution in [2.24, 2.45) is 0 Å². The van der Waals surface area contributed by atoms with E-state index in [-0.39, 0.29) is 5.82 Å². The molecule has 0 bridgehead atoms. The fourth-order valence-electron chi connectivity index (χ4n) is 1.52. The van der Waals surface area contributed by atoms with Crippen LogP contribution in [0.3, 0.4) is 0 Å². The first-order valence-electron chi connectivity index (χ1n) is 5.58. The van der Waals surface area contributed by atoms with Gasteiger partial charge < -0.3 is 10.2 Å². The van der Waals surface area contributed by atoms with Gasteiger partial charge in [-0.3, -0.25) is 0 Å². The molecule has 2 nitrogen and oxygen atoms in total. The van der Waals surface area contributed by atoms with E-state index in [0.29, 0.717) is 10.7 Å². The second-order valence-electron chi connectivity index (χ2n) is 3.58. The fourth-order valence-corrected chi connectivity index (χ4v) is 1.68. The average Bonchev–Trinajstić information content (AvgIpc) is 2.27. The van der Waals surface area contributed by atoms with Crippen LogP contribution >= 0.6 is 11.6 Å². The number of likely N-dealkylation sites (N-methyl/N-ethyl adjacent to an activating group) is 1. The Morgan fingerprint density at radius 1 is 1.31 bits per heavy atom. The molecule has 0 aliphatic heterocycles. The Morgan fingerprint density at radius 3 is 2.56 bits per heavy atom. The SMILES string of the molecule is CCN(CC)CCNc1ccc(Cl)cc1F. The Morgan fingerprint density at radius 2 is 2.00 bits per heavy atom. The van der Waals surface area contributed by atoms with E-state index in [0.717, 1.165) is 26.2 Å². The molecule has 0 aromatic heterocycles. The predicted molar refractivity (Wildman–Crippen MR) is 67.7 cm³/mol. The zero-order valence-electron chi connectivity index (χ0n) is 9.76. The second-order valence-corrected chi connectivity index (χ2v) is 4.01. The quantitative estimate of drug-likeness (QED) is 0.827. The first-order chi connectivity index (χ1) is 7.67. The number of rotatable bonds is 6. The van der Waals surface area contributed by atoms with Crippen LogP contribution in [-0.4, -0.2) is 31.1 Å². The van der Waals surface area contributed by atoms with Crippen LogP contribution in [-0.2, 0) is 0 Å². The highest BCUT2D eigenvalue weighted by Crippen LogP contribution is 2.18. The minimum absolute atomic E-state index is 0.299. The molecule has 1 N–H and O–H groups in total. The monoisotopic (exact) mass is 244 g/mol. The van der Waals surface area contributed by atoms with E-state index in [1.807, 2.05) is 0 Å². The highest BCUT2D eigenvalue weighted by atomic mass is 35.5. The molecule has 0 heterocycles. The first-order valence-corrected chi connectivity index (χ1v) is 5.96. The molecule has 1 aromatic rings. The molecule has 0 unspecified atom stereocenters. The van der Waals surface area contributed by atoms with Gasteiger partial charge in [0.2, 0.25) is 0 Å². The van der Waals surface area contributed by atoms with Gasteiger partial charge in [-0.1, -0.05) is 25.4 Å². The van der Waals surface area contributed by atoms with Gasteiger partial charge in [-0.05, 0) is 31.3 Å². The van der Waals surface area contributed by atoms with Crippen molar-refractivity contribution in [1.29, 1.82) is 0 Å². The van der Waals surface area contributed by atoms with Gasteiger partial charge in [-0.25, -0.2) is 4.39 Å². The molecule has 0 spiro atoms. The summed E-state index contributed by atoms with van der Waals surface area (Å²) in [6.45, 7) is 7.91. The Kier molecular flexibility index (Phi) is 5.56. The second kappa shape index (κ2) is 6.71. The zero-order valence-corrected chi connectivity index (χ0v) is 10.5. The summed E-state index contributed by atoms with van der Waals surface area (Å²) >= 11 is 5.67. The van der Waals surface area contributed by atoms with Crippen molar-refractivity contribution < 1.29 is 4.39 Å². The van der Waals surface area contributed by atoms with Gasteiger partial charge in [-0.2, -0.15) is 0 Å². The highest BCUT2D eigenvalue weighted by molar-refractivity contribution is 6.30. The van der Waals surface area contributed by atoms with Crippen molar-refractivity contribution in [1.82, 2.24) is 4.90 Å². The van der Waals surface area contributed by atoms with Crippen molar-refractivity contribution in [3.63, 3.8) is 0 Å². The van der Waals surface area contributed by atoms with Gasteiger partial charge in [0.25, 0.3) is 0 Å². The lowest BCUT2D eigenvalue weighted by molar-refractivity contribution is 0.316. The Labute approximate surface area is 101 Å². The fraction of sp³-hybridized carbons (Fsp3) is 0.500. The summed E-state index contributed by atoms with van der Waals surface area (Å²) in [6.07, 6.45) is 0. The summed E-state index contributed by atoms with van der Waals surface area (Å²) in [4.78, 5) is 2.28. The molecule has 1 aromatic carbocycles. The standard InChI is InChI=1S/C12H18ClFN2/c1-3-16(4-2)8-7-15-12-6-5-10(13)9-11(12)14/h5-6,9,15H,3-4,7-8H2,1-2H3. The molecule has 0 atom stereocenters. The van der Waals surface area contributed by atoms with Gasteiger partial charge in [0, 0.05) is 18.1 Å². The predicted octanol–water partition coefficient (Wildman–Crippen LogP) is 3.23. The molecule has 90 valence electrons. The lowest BCUT2D eigenvalue weighted by atomic mass is 10.3. The summed E-state index contributed by atoms with van der Waals surface area (Å²) in [5.41, 5.74) is 0.511. The Bertz CT molecular complexity index is 327. The van der Waals surface area contributed by atoms with Crippen LogP contribution in [0.1, 0.15) is 13.8 Å². The summed E-state index contributed by atoms with van der Waals surface area (Å²) in [7, 11) is 0. The topological polar surface area (TPSA) is 15.3 Å². The summed E-state index contributed by atoms with van der Waals surface area (Å²) in [6, 6.07) is 4.67. The van der Waals surface area contributed by atoms with E-state index in [2.05, 4.69) is 24.1 Å². The van der Waals surface area contributed by atoms with E-state index < -0.39 is 0 Å². The normalized spacial score (nSPS) is 10.8. The number of hydrogen-bond acceptors (Lipinski definition) is 2. The molecule has 0 saturated carbocycles. The third-order valence-corrected chi connectivity index (χ3v) is 2.80. The number of anilines is 1. The van der Waals surface area contributed by atoms with Gasteiger partial charge in [-0.15, -0.1) is 0 Å². The number of nitrogens with one attached hydrogen (secondary N) is 1. The van der Waals surface area contributed by atoms with Gasteiger partial charge in [0.05, 0.1) is 5.69 Å². The maximum absolute atomic E-state index is 13.4. The van der Waals surface area contributed by atoms with E-state index in [1.54, 1.807) is 12.1 Å². The van der Waals surface area contributed by atoms with Crippen molar-refractivity contribution >= 4 is 17.3 Å². The van der Waals surface area contributed by atoms with E-state index in [9.17, 15) is 4.39 Å². The molecule has 0 saturated heterocycles. The zero-order chi connectivity index (χ0) is 12.0. The average molecular weight is 245 g/mol. The molecule has 0 aliphatic carbocycles. The third kappa shape index (κ3) is 3.99. The van der Waals surface area contributed by atoms with Crippen LogP contribution in [0.5, 0.6) is 0 Å². The van der Waals surface area contributed by atoms with Crippen LogP contribution in [0.25, 0.3) is 0 Å². The molecule has 0 aliphatic rings. The Hall–Kier alpha value is -0.800. The van der Waals surface area contributed by atoms with Crippen molar-refractivity contribution in [2.75, 3.05) is 31.5 Å². The number of halogens is 2. The molecule has 4 heteroatoms. The smallest absolute Gasteiger partial charge is 0.147 e. The molecule has 0 fully saturated rings. The summed E-state index contributed by atoms with van der Waals surface area (Å²) in [5, 5.41) is 3.49. The van der Waals surface area contributed by atoms with Crippen LogP contribution in [0.4, 0.5) is 10.1 Å². The number of benzene rings is 1. The third-order valence-electron chi connectivity index (χ3n) is 2.57. The lowest BCUT2D eigenvalue weighted by Crippen LogP contribution is -2.28. The van der Waals surface area contributed by atoms with E-state index in [1.165, 1.54) is 6.07 Å². The molecule has 0 amide bonds. The minimum atomic E-state index is -0.299.